The lowest BCUT2D eigenvalue weighted by Crippen LogP contribution is -2.47. The van der Waals surface area contributed by atoms with Crippen molar-refractivity contribution in [1.29, 1.82) is 0 Å². The van der Waals surface area contributed by atoms with Crippen LogP contribution >= 0.6 is 11.6 Å². The Morgan fingerprint density at radius 1 is 1.21 bits per heavy atom. The van der Waals surface area contributed by atoms with E-state index in [4.69, 9.17) is 16.3 Å². The fraction of sp³-hybridized carbons (Fsp3) is 0.467. The quantitative estimate of drug-likeness (QED) is 0.770. The summed E-state index contributed by atoms with van der Waals surface area (Å²) in [6.07, 6.45) is 0.541. The van der Waals surface area contributed by atoms with Crippen LogP contribution in [0, 0.1) is 5.41 Å². The standard InChI is InChI=1S/C15H18ClNO6S/c16-11-1-3-12(4-2-11)24(21,22)9-13(18)17-10-15(14(19)20)5-7-23-8-6-15/h1-4H,5-10H2,(H,17,18)(H,19,20). The first-order valence-electron chi connectivity index (χ1n) is 7.31. The maximum absolute atomic E-state index is 12.2. The third-order valence-electron chi connectivity index (χ3n) is 4.02. The van der Waals surface area contributed by atoms with Crippen molar-refractivity contribution in [2.75, 3.05) is 25.5 Å². The zero-order chi connectivity index (χ0) is 17.8. The second kappa shape index (κ2) is 7.50. The topological polar surface area (TPSA) is 110 Å². The third-order valence-corrected chi connectivity index (χ3v) is 5.91. The predicted octanol–water partition coefficient (Wildman–Crippen LogP) is 1.11. The van der Waals surface area contributed by atoms with Crippen LogP contribution in [0.25, 0.3) is 0 Å². The lowest BCUT2D eigenvalue weighted by atomic mass is 9.80. The van der Waals surface area contributed by atoms with Crippen molar-refractivity contribution in [2.45, 2.75) is 17.7 Å². The molecule has 1 fully saturated rings. The lowest BCUT2D eigenvalue weighted by Gasteiger charge is -2.33. The van der Waals surface area contributed by atoms with Crippen molar-refractivity contribution in [3.05, 3.63) is 29.3 Å². The lowest BCUT2D eigenvalue weighted by molar-refractivity contribution is -0.154. The Bertz CT molecular complexity index is 710. The molecule has 2 rings (SSSR count). The van der Waals surface area contributed by atoms with Gasteiger partial charge in [0.25, 0.3) is 0 Å². The Labute approximate surface area is 144 Å². The van der Waals surface area contributed by atoms with Gasteiger partial charge in [-0.15, -0.1) is 0 Å². The number of halogens is 1. The molecule has 1 aromatic carbocycles. The van der Waals surface area contributed by atoms with Gasteiger partial charge in [-0.05, 0) is 37.1 Å². The van der Waals surface area contributed by atoms with Gasteiger partial charge < -0.3 is 15.2 Å². The number of ether oxygens (including phenoxy) is 1. The van der Waals surface area contributed by atoms with E-state index in [1.54, 1.807) is 0 Å². The highest BCUT2D eigenvalue weighted by atomic mass is 35.5. The second-order valence-electron chi connectivity index (χ2n) is 5.69. The Hall–Kier alpha value is -1.64. The van der Waals surface area contributed by atoms with E-state index in [1.165, 1.54) is 24.3 Å². The first-order valence-corrected chi connectivity index (χ1v) is 9.34. The smallest absolute Gasteiger partial charge is 0.311 e. The van der Waals surface area contributed by atoms with Crippen LogP contribution < -0.4 is 5.32 Å². The first kappa shape index (κ1) is 18.7. The van der Waals surface area contributed by atoms with Gasteiger partial charge in [-0.25, -0.2) is 8.42 Å². The summed E-state index contributed by atoms with van der Waals surface area (Å²) < 4.78 is 29.5. The summed E-state index contributed by atoms with van der Waals surface area (Å²) in [6.45, 7) is 0.469. The number of carboxylic acids is 1. The molecule has 132 valence electrons. The van der Waals surface area contributed by atoms with Gasteiger partial charge >= 0.3 is 5.97 Å². The molecule has 0 radical (unpaired) electrons. The molecule has 1 amide bonds. The Kier molecular flexibility index (Phi) is 5.84. The van der Waals surface area contributed by atoms with Gasteiger partial charge in [-0.2, -0.15) is 0 Å². The van der Waals surface area contributed by atoms with Crippen LogP contribution in [0.4, 0.5) is 0 Å². The van der Waals surface area contributed by atoms with E-state index in [2.05, 4.69) is 5.32 Å². The van der Waals surface area contributed by atoms with E-state index < -0.39 is 32.9 Å². The molecule has 0 aromatic heterocycles. The monoisotopic (exact) mass is 375 g/mol. The first-order chi connectivity index (χ1) is 11.3. The van der Waals surface area contributed by atoms with Crippen molar-refractivity contribution in [3.8, 4) is 0 Å². The molecule has 2 N–H and O–H groups in total. The van der Waals surface area contributed by atoms with E-state index in [0.29, 0.717) is 18.2 Å². The molecule has 1 aliphatic rings. The van der Waals surface area contributed by atoms with Crippen LogP contribution in [0.15, 0.2) is 29.2 Å². The Morgan fingerprint density at radius 3 is 2.33 bits per heavy atom. The number of hydrogen-bond donors (Lipinski definition) is 2. The summed E-state index contributed by atoms with van der Waals surface area (Å²) in [5.41, 5.74) is -1.11. The second-order valence-corrected chi connectivity index (χ2v) is 8.11. The van der Waals surface area contributed by atoms with Gasteiger partial charge in [-0.1, -0.05) is 11.6 Å². The average Bonchev–Trinajstić information content (AvgIpc) is 2.54. The molecule has 1 aliphatic heterocycles. The highest BCUT2D eigenvalue weighted by Gasteiger charge is 2.40. The summed E-state index contributed by atoms with van der Waals surface area (Å²) in [5, 5.41) is 12.2. The third kappa shape index (κ3) is 4.46. The number of carbonyl (C=O) groups is 2. The normalized spacial score (nSPS) is 17.2. The van der Waals surface area contributed by atoms with Crippen LogP contribution in [0.3, 0.4) is 0 Å². The zero-order valence-corrected chi connectivity index (χ0v) is 14.4. The molecule has 1 heterocycles. The molecule has 0 saturated carbocycles. The van der Waals surface area contributed by atoms with Gasteiger partial charge in [0.2, 0.25) is 5.91 Å². The summed E-state index contributed by atoms with van der Waals surface area (Å²) in [5.74, 6) is -2.51. The van der Waals surface area contributed by atoms with Crippen molar-refractivity contribution < 1.29 is 27.9 Å². The van der Waals surface area contributed by atoms with Crippen LogP contribution in [0.5, 0.6) is 0 Å². The van der Waals surface area contributed by atoms with Crippen molar-refractivity contribution in [1.82, 2.24) is 5.32 Å². The SMILES string of the molecule is O=C(CS(=O)(=O)c1ccc(Cl)cc1)NCC1(C(=O)O)CCOCC1. The van der Waals surface area contributed by atoms with Crippen molar-refractivity contribution >= 4 is 33.3 Å². The number of sulfone groups is 1. The largest absolute Gasteiger partial charge is 0.481 e. The molecule has 7 nitrogen and oxygen atoms in total. The fourth-order valence-corrected chi connectivity index (χ4v) is 3.74. The highest BCUT2D eigenvalue weighted by molar-refractivity contribution is 7.92. The molecule has 0 aliphatic carbocycles. The summed E-state index contributed by atoms with van der Waals surface area (Å²) in [7, 11) is -3.81. The summed E-state index contributed by atoms with van der Waals surface area (Å²) in [6, 6.07) is 5.49. The molecule has 0 atom stereocenters. The highest BCUT2D eigenvalue weighted by Crippen LogP contribution is 2.30. The van der Waals surface area contributed by atoms with Gasteiger partial charge in [0.1, 0.15) is 5.75 Å². The molecule has 24 heavy (non-hydrogen) atoms. The fourth-order valence-electron chi connectivity index (χ4n) is 2.45. The van der Waals surface area contributed by atoms with Crippen LogP contribution in [-0.2, 0) is 24.2 Å². The molecule has 0 spiro atoms. The zero-order valence-electron chi connectivity index (χ0n) is 12.8. The van der Waals surface area contributed by atoms with Crippen LogP contribution in [0.2, 0.25) is 5.02 Å². The number of hydrogen-bond acceptors (Lipinski definition) is 5. The van der Waals surface area contributed by atoms with Gasteiger partial charge in [-0.3, -0.25) is 9.59 Å². The number of carbonyl (C=O) groups excluding carboxylic acids is 1. The van der Waals surface area contributed by atoms with E-state index in [0.717, 1.165) is 0 Å². The van der Waals surface area contributed by atoms with E-state index >= 15 is 0 Å². The number of rotatable bonds is 6. The molecule has 9 heteroatoms. The Balaban J connectivity index is 1.99. The van der Waals surface area contributed by atoms with Gasteiger partial charge in [0, 0.05) is 24.8 Å². The van der Waals surface area contributed by atoms with Gasteiger partial charge in [0.15, 0.2) is 9.84 Å². The summed E-state index contributed by atoms with van der Waals surface area (Å²) >= 11 is 5.71. The van der Waals surface area contributed by atoms with E-state index in [-0.39, 0.29) is 24.3 Å². The number of amides is 1. The van der Waals surface area contributed by atoms with Crippen molar-refractivity contribution in [2.24, 2.45) is 5.41 Å². The minimum atomic E-state index is -3.81. The molecular formula is C15H18ClNO6S. The number of nitrogens with one attached hydrogen (secondary N) is 1. The van der Waals surface area contributed by atoms with Crippen molar-refractivity contribution in [3.63, 3.8) is 0 Å². The number of aliphatic carboxylic acids is 1. The minimum absolute atomic E-state index is 0.0129. The van der Waals surface area contributed by atoms with Crippen LogP contribution in [0.1, 0.15) is 12.8 Å². The van der Waals surface area contributed by atoms with Crippen LogP contribution in [-0.4, -0.2) is 50.9 Å². The average molecular weight is 376 g/mol. The predicted molar refractivity (Wildman–Crippen MR) is 86.6 cm³/mol. The molecule has 0 unspecified atom stereocenters. The molecule has 1 saturated heterocycles. The molecular weight excluding hydrogens is 358 g/mol. The molecule has 1 aromatic rings. The number of benzene rings is 1. The minimum Gasteiger partial charge on any atom is -0.481 e. The van der Waals surface area contributed by atoms with E-state index in [1.807, 2.05) is 0 Å². The maximum atomic E-state index is 12.2. The molecule has 0 bridgehead atoms. The van der Waals surface area contributed by atoms with E-state index in [9.17, 15) is 23.1 Å². The Morgan fingerprint density at radius 2 is 1.79 bits per heavy atom. The maximum Gasteiger partial charge on any atom is 0.311 e. The van der Waals surface area contributed by atoms with Gasteiger partial charge in [0.05, 0.1) is 10.3 Å². The number of carboxylic acid groups (broad SMARTS) is 1. The summed E-state index contributed by atoms with van der Waals surface area (Å²) in [4.78, 5) is 23.4.